The fourth-order valence-corrected chi connectivity index (χ4v) is 3.01. The smallest absolute Gasteiger partial charge is 0.251 e. The molecule has 1 atom stereocenters. The Morgan fingerprint density at radius 3 is 2.83 bits per heavy atom. The Hall–Kier alpha value is -2.20. The minimum Gasteiger partial charge on any atom is -0.352 e. The summed E-state index contributed by atoms with van der Waals surface area (Å²) in [6.07, 6.45) is 6.83. The second kappa shape index (κ2) is 7.88. The molecule has 1 aromatic carbocycles. The highest BCUT2D eigenvalue weighted by Crippen LogP contribution is 2.23. The SMILES string of the molecule is O=C(NCCc1cccnc1)c1ccc(C2CCCNC2)cc1. The van der Waals surface area contributed by atoms with Crippen LogP contribution in [0.1, 0.15) is 40.2 Å². The van der Waals surface area contributed by atoms with Crippen LogP contribution >= 0.6 is 0 Å². The van der Waals surface area contributed by atoms with Gasteiger partial charge >= 0.3 is 0 Å². The number of nitrogens with one attached hydrogen (secondary N) is 2. The van der Waals surface area contributed by atoms with Gasteiger partial charge in [0.2, 0.25) is 0 Å². The lowest BCUT2D eigenvalue weighted by molar-refractivity contribution is 0.0954. The van der Waals surface area contributed by atoms with Crippen molar-refractivity contribution in [3.8, 4) is 0 Å². The highest BCUT2D eigenvalue weighted by molar-refractivity contribution is 5.94. The third-order valence-electron chi connectivity index (χ3n) is 4.36. The number of carbonyl (C=O) groups is 1. The third-order valence-corrected chi connectivity index (χ3v) is 4.36. The Kier molecular flexibility index (Phi) is 5.37. The molecule has 1 aliphatic heterocycles. The zero-order valence-electron chi connectivity index (χ0n) is 13.3. The Morgan fingerprint density at radius 2 is 2.13 bits per heavy atom. The Balaban J connectivity index is 1.51. The van der Waals surface area contributed by atoms with Crippen molar-refractivity contribution in [1.29, 1.82) is 0 Å². The first-order valence-electron chi connectivity index (χ1n) is 8.31. The first-order valence-corrected chi connectivity index (χ1v) is 8.31. The minimum absolute atomic E-state index is 0.0118. The van der Waals surface area contributed by atoms with Gasteiger partial charge < -0.3 is 10.6 Å². The van der Waals surface area contributed by atoms with E-state index in [0.29, 0.717) is 12.5 Å². The summed E-state index contributed by atoms with van der Waals surface area (Å²) in [5.41, 5.74) is 3.18. The standard InChI is InChI=1S/C19H23N3O/c23-19(22-12-9-15-3-1-10-20-13-15)17-7-5-16(6-8-17)18-4-2-11-21-14-18/h1,3,5-8,10,13,18,21H,2,4,9,11-12,14H2,(H,22,23). The fraction of sp³-hybridized carbons (Fsp3) is 0.368. The quantitative estimate of drug-likeness (QED) is 0.892. The first kappa shape index (κ1) is 15.7. The van der Waals surface area contributed by atoms with Crippen LogP contribution in [0, 0.1) is 0 Å². The van der Waals surface area contributed by atoms with Gasteiger partial charge in [-0.25, -0.2) is 0 Å². The molecule has 0 spiro atoms. The molecule has 1 amide bonds. The van der Waals surface area contributed by atoms with Crippen LogP contribution in [-0.2, 0) is 6.42 Å². The topological polar surface area (TPSA) is 54.0 Å². The number of hydrogen-bond donors (Lipinski definition) is 2. The fourth-order valence-electron chi connectivity index (χ4n) is 3.01. The number of nitrogens with zero attached hydrogens (tertiary/aromatic N) is 1. The van der Waals surface area contributed by atoms with Crippen LogP contribution in [-0.4, -0.2) is 30.5 Å². The number of piperidine rings is 1. The van der Waals surface area contributed by atoms with E-state index in [1.54, 1.807) is 6.20 Å². The average Bonchev–Trinajstić information content (AvgIpc) is 2.63. The zero-order valence-corrected chi connectivity index (χ0v) is 13.3. The molecule has 1 fully saturated rings. The molecule has 2 aromatic rings. The summed E-state index contributed by atoms with van der Waals surface area (Å²) < 4.78 is 0. The zero-order chi connectivity index (χ0) is 15.9. The van der Waals surface area contributed by atoms with Crippen LogP contribution in [0.3, 0.4) is 0 Å². The molecule has 2 heterocycles. The maximum atomic E-state index is 12.2. The predicted octanol–water partition coefficient (Wildman–Crippen LogP) is 2.52. The van der Waals surface area contributed by atoms with Gasteiger partial charge in [0.05, 0.1) is 0 Å². The van der Waals surface area contributed by atoms with Crippen molar-refractivity contribution in [3.63, 3.8) is 0 Å². The molecule has 1 saturated heterocycles. The van der Waals surface area contributed by atoms with Gasteiger partial charge in [-0.05, 0) is 61.1 Å². The van der Waals surface area contributed by atoms with E-state index in [0.717, 1.165) is 30.6 Å². The monoisotopic (exact) mass is 309 g/mol. The van der Waals surface area contributed by atoms with Crippen LogP contribution in [0.25, 0.3) is 0 Å². The number of carbonyl (C=O) groups excluding carboxylic acids is 1. The van der Waals surface area contributed by atoms with Crippen molar-refractivity contribution in [2.45, 2.75) is 25.2 Å². The molecule has 0 aliphatic carbocycles. The predicted molar refractivity (Wildman–Crippen MR) is 91.6 cm³/mol. The van der Waals surface area contributed by atoms with E-state index in [4.69, 9.17) is 0 Å². The summed E-state index contributed by atoms with van der Waals surface area (Å²) >= 11 is 0. The van der Waals surface area contributed by atoms with Gasteiger partial charge in [-0.2, -0.15) is 0 Å². The van der Waals surface area contributed by atoms with E-state index in [2.05, 4.69) is 27.8 Å². The molecule has 0 saturated carbocycles. The molecule has 4 heteroatoms. The van der Waals surface area contributed by atoms with Crippen LogP contribution in [0.5, 0.6) is 0 Å². The van der Waals surface area contributed by atoms with Gasteiger partial charge in [-0.1, -0.05) is 18.2 Å². The molecule has 4 nitrogen and oxygen atoms in total. The number of amides is 1. The van der Waals surface area contributed by atoms with Gasteiger partial charge in [-0.3, -0.25) is 9.78 Å². The third kappa shape index (κ3) is 4.39. The van der Waals surface area contributed by atoms with Crippen molar-refractivity contribution in [2.75, 3.05) is 19.6 Å². The Labute approximate surface area is 137 Å². The summed E-state index contributed by atoms with van der Waals surface area (Å²) in [5.74, 6) is 0.564. The lowest BCUT2D eigenvalue weighted by Crippen LogP contribution is -2.28. The number of benzene rings is 1. The number of pyridine rings is 1. The van der Waals surface area contributed by atoms with E-state index in [-0.39, 0.29) is 5.91 Å². The van der Waals surface area contributed by atoms with Crippen LogP contribution in [0.2, 0.25) is 0 Å². The lowest BCUT2D eigenvalue weighted by Gasteiger charge is -2.23. The first-order chi connectivity index (χ1) is 11.3. The summed E-state index contributed by atoms with van der Waals surface area (Å²) in [5, 5.41) is 6.40. The van der Waals surface area contributed by atoms with Gasteiger partial charge in [0.25, 0.3) is 5.91 Å². The van der Waals surface area contributed by atoms with E-state index >= 15 is 0 Å². The molecule has 1 aromatic heterocycles. The van der Waals surface area contributed by atoms with E-state index in [1.165, 1.54) is 18.4 Å². The lowest BCUT2D eigenvalue weighted by atomic mass is 9.91. The molecule has 1 unspecified atom stereocenters. The van der Waals surface area contributed by atoms with Crippen molar-refractivity contribution in [2.24, 2.45) is 0 Å². The van der Waals surface area contributed by atoms with Crippen LogP contribution < -0.4 is 10.6 Å². The van der Waals surface area contributed by atoms with Gasteiger partial charge in [-0.15, -0.1) is 0 Å². The van der Waals surface area contributed by atoms with Gasteiger partial charge in [0.15, 0.2) is 0 Å². The number of aromatic nitrogens is 1. The molecular weight excluding hydrogens is 286 g/mol. The molecule has 1 aliphatic rings. The average molecular weight is 309 g/mol. The largest absolute Gasteiger partial charge is 0.352 e. The van der Waals surface area contributed by atoms with Crippen molar-refractivity contribution < 1.29 is 4.79 Å². The van der Waals surface area contributed by atoms with Crippen molar-refractivity contribution in [3.05, 3.63) is 65.5 Å². The second-order valence-electron chi connectivity index (χ2n) is 6.03. The van der Waals surface area contributed by atoms with Crippen molar-refractivity contribution >= 4 is 5.91 Å². The van der Waals surface area contributed by atoms with E-state index in [9.17, 15) is 4.79 Å². The molecule has 120 valence electrons. The Bertz CT molecular complexity index is 619. The highest BCUT2D eigenvalue weighted by atomic mass is 16.1. The molecule has 0 bridgehead atoms. The van der Waals surface area contributed by atoms with Gasteiger partial charge in [0.1, 0.15) is 0 Å². The van der Waals surface area contributed by atoms with E-state index in [1.807, 2.05) is 30.5 Å². The Morgan fingerprint density at radius 1 is 1.26 bits per heavy atom. The summed E-state index contributed by atoms with van der Waals surface area (Å²) in [4.78, 5) is 16.3. The highest BCUT2D eigenvalue weighted by Gasteiger charge is 2.15. The number of hydrogen-bond acceptors (Lipinski definition) is 3. The summed E-state index contributed by atoms with van der Waals surface area (Å²) in [7, 11) is 0. The van der Waals surface area contributed by atoms with E-state index < -0.39 is 0 Å². The van der Waals surface area contributed by atoms with Crippen molar-refractivity contribution in [1.82, 2.24) is 15.6 Å². The molecule has 0 radical (unpaired) electrons. The maximum absolute atomic E-state index is 12.2. The summed E-state index contributed by atoms with van der Waals surface area (Å²) in [6.45, 7) is 2.78. The normalized spacial score (nSPS) is 17.7. The van der Waals surface area contributed by atoms with Gasteiger partial charge in [0, 0.05) is 31.0 Å². The molecule has 23 heavy (non-hydrogen) atoms. The summed E-state index contributed by atoms with van der Waals surface area (Å²) in [6, 6.07) is 12.0. The van der Waals surface area contributed by atoms with Crippen LogP contribution in [0.4, 0.5) is 0 Å². The second-order valence-corrected chi connectivity index (χ2v) is 6.03. The molecular formula is C19H23N3O. The molecule has 3 rings (SSSR count). The maximum Gasteiger partial charge on any atom is 0.251 e. The number of rotatable bonds is 5. The molecule has 2 N–H and O–H groups in total. The van der Waals surface area contributed by atoms with Crippen LogP contribution in [0.15, 0.2) is 48.8 Å². The minimum atomic E-state index is -0.0118.